The van der Waals surface area contributed by atoms with Crippen molar-refractivity contribution in [3.05, 3.63) is 20.3 Å². The van der Waals surface area contributed by atoms with Crippen LogP contribution < -0.4 is 11.4 Å². The van der Waals surface area contributed by atoms with Crippen LogP contribution in [0.5, 0.6) is 0 Å². The van der Waals surface area contributed by atoms with E-state index in [1.807, 2.05) is 0 Å². The molecule has 2 rings (SSSR count). The molecule has 3 N–H and O–H groups in total. The van der Waals surface area contributed by atoms with Crippen LogP contribution in [0.2, 0.25) is 0 Å². The van der Waals surface area contributed by atoms with Crippen LogP contribution in [0.3, 0.4) is 0 Å². The highest BCUT2D eigenvalue weighted by Crippen LogP contribution is 2.42. The van der Waals surface area contributed by atoms with Gasteiger partial charge in [0.25, 0.3) is 0 Å². The molecule has 10 heteroatoms. The first kappa shape index (κ1) is 14.9. The van der Waals surface area contributed by atoms with Crippen molar-refractivity contribution in [2.24, 2.45) is 0 Å². The van der Waals surface area contributed by atoms with Gasteiger partial charge in [-0.25, -0.2) is 4.79 Å². The summed E-state index contributed by atoms with van der Waals surface area (Å²) in [7, 11) is 0. The Balaban J connectivity index is 2.48. The molecule has 106 valence electrons. The summed E-state index contributed by atoms with van der Waals surface area (Å²) in [6.07, 6.45) is -4.20. The molecule has 1 saturated heterocycles. The molecule has 1 fully saturated rings. The number of hydrogen-bond donors (Lipinski definition) is 2. The number of ether oxygens (including phenoxy) is 1. The van der Waals surface area contributed by atoms with Crippen molar-refractivity contribution in [3.63, 3.8) is 0 Å². The molecule has 1 aromatic heterocycles. The van der Waals surface area contributed by atoms with E-state index in [0.717, 1.165) is 6.20 Å². The van der Waals surface area contributed by atoms with Crippen molar-refractivity contribution in [1.29, 1.82) is 0 Å². The van der Waals surface area contributed by atoms with Crippen LogP contribution in [0.1, 0.15) is 6.23 Å². The fourth-order valence-electron chi connectivity index (χ4n) is 1.72. The van der Waals surface area contributed by atoms with E-state index in [1.165, 1.54) is 0 Å². The smallest absolute Gasteiger partial charge is 0.351 e. The second-order valence-electron chi connectivity index (χ2n) is 3.96. The molecule has 1 aliphatic rings. The SMILES string of the molecule is Nc1nc(=O)n([C@@H]2O[C@H](CCl)[C@@H](O)C2(F)F)cc1I. The molecule has 0 aromatic carbocycles. The quantitative estimate of drug-likeness (QED) is 0.552. The van der Waals surface area contributed by atoms with Crippen LogP contribution in [0.15, 0.2) is 11.0 Å². The minimum atomic E-state index is -3.65. The van der Waals surface area contributed by atoms with Gasteiger partial charge in [-0.15, -0.1) is 11.6 Å². The van der Waals surface area contributed by atoms with Gasteiger partial charge in [0.2, 0.25) is 6.23 Å². The van der Waals surface area contributed by atoms with Gasteiger partial charge >= 0.3 is 11.6 Å². The highest BCUT2D eigenvalue weighted by molar-refractivity contribution is 14.1. The van der Waals surface area contributed by atoms with Crippen LogP contribution in [-0.2, 0) is 4.74 Å². The molecule has 1 aliphatic heterocycles. The largest absolute Gasteiger partial charge is 0.384 e. The first-order valence-corrected chi connectivity index (χ1v) is 6.71. The zero-order valence-corrected chi connectivity index (χ0v) is 12.2. The van der Waals surface area contributed by atoms with Gasteiger partial charge in [-0.1, -0.05) is 0 Å². The molecule has 1 aromatic rings. The molecule has 0 bridgehead atoms. The summed E-state index contributed by atoms with van der Waals surface area (Å²) in [5.74, 6) is -4.02. The fraction of sp³-hybridized carbons (Fsp3) is 0.556. The maximum atomic E-state index is 13.9. The van der Waals surface area contributed by atoms with Crippen molar-refractivity contribution in [3.8, 4) is 0 Å². The number of nitrogens with zero attached hydrogens (tertiary/aromatic N) is 2. The third-order valence-corrected chi connectivity index (χ3v) is 3.85. The second kappa shape index (κ2) is 5.11. The predicted molar refractivity (Wildman–Crippen MR) is 71.2 cm³/mol. The molecule has 0 spiro atoms. The predicted octanol–water partition coefficient (Wildman–Crippen LogP) is 0.562. The van der Waals surface area contributed by atoms with Gasteiger partial charge in [-0.3, -0.25) is 4.57 Å². The van der Waals surface area contributed by atoms with Gasteiger partial charge < -0.3 is 15.6 Å². The summed E-state index contributed by atoms with van der Waals surface area (Å²) >= 11 is 7.18. The Morgan fingerprint density at radius 2 is 2.32 bits per heavy atom. The average Bonchev–Trinajstić information content (AvgIpc) is 2.56. The summed E-state index contributed by atoms with van der Waals surface area (Å²) < 4.78 is 33.6. The number of hydrogen-bond acceptors (Lipinski definition) is 5. The summed E-state index contributed by atoms with van der Waals surface area (Å²) in [6.45, 7) is 0. The Labute approximate surface area is 124 Å². The highest BCUT2D eigenvalue weighted by Gasteiger charge is 2.59. The molecule has 19 heavy (non-hydrogen) atoms. The van der Waals surface area contributed by atoms with Gasteiger partial charge in [0.15, 0.2) is 0 Å². The summed E-state index contributed by atoms with van der Waals surface area (Å²) in [5, 5.41) is 9.44. The molecule has 0 amide bonds. The first-order chi connectivity index (χ1) is 8.78. The number of halogens is 4. The van der Waals surface area contributed by atoms with Crippen LogP contribution in [-0.4, -0.2) is 38.7 Å². The number of aromatic nitrogens is 2. The number of aliphatic hydroxyl groups excluding tert-OH is 1. The van der Waals surface area contributed by atoms with E-state index in [1.54, 1.807) is 22.6 Å². The van der Waals surface area contributed by atoms with Crippen molar-refractivity contribution in [2.75, 3.05) is 11.6 Å². The zero-order valence-electron chi connectivity index (χ0n) is 9.26. The molecular weight excluding hydrogens is 398 g/mol. The summed E-state index contributed by atoms with van der Waals surface area (Å²) in [5.41, 5.74) is 4.42. The zero-order chi connectivity index (χ0) is 14.4. The molecule has 6 nitrogen and oxygen atoms in total. The van der Waals surface area contributed by atoms with Crippen molar-refractivity contribution in [1.82, 2.24) is 9.55 Å². The number of anilines is 1. The van der Waals surface area contributed by atoms with E-state index in [2.05, 4.69) is 4.98 Å². The maximum Gasteiger partial charge on any atom is 0.351 e. The van der Waals surface area contributed by atoms with Crippen molar-refractivity contribution in [2.45, 2.75) is 24.4 Å². The number of nitrogens with two attached hydrogens (primary N) is 1. The normalized spacial score (nSPS) is 29.6. The van der Waals surface area contributed by atoms with Gasteiger partial charge in [-0.05, 0) is 22.6 Å². The second-order valence-corrected chi connectivity index (χ2v) is 5.44. The van der Waals surface area contributed by atoms with Gasteiger partial charge in [-0.2, -0.15) is 13.8 Å². The minimum absolute atomic E-state index is 0.0578. The Morgan fingerprint density at radius 3 is 2.84 bits per heavy atom. The molecule has 3 atom stereocenters. The standard InChI is InChI=1S/C9H9ClF2IN3O3/c10-1-4-5(17)9(11,12)7(19-4)16-2-3(13)6(14)15-8(16)18/h2,4-5,7,17H,1H2,(H2,14,15,18)/t4-,5-,7-/m1/s1. The van der Waals surface area contributed by atoms with Crippen LogP contribution >= 0.6 is 34.2 Å². The molecule has 0 saturated carbocycles. The average molecular weight is 408 g/mol. The van der Waals surface area contributed by atoms with Crippen molar-refractivity contribution < 1.29 is 18.6 Å². The number of rotatable bonds is 2. The van der Waals surface area contributed by atoms with E-state index in [4.69, 9.17) is 22.1 Å². The van der Waals surface area contributed by atoms with Crippen LogP contribution in [0, 0.1) is 3.57 Å². The van der Waals surface area contributed by atoms with Gasteiger partial charge in [0, 0.05) is 6.20 Å². The fourth-order valence-corrected chi connectivity index (χ4v) is 2.38. The lowest BCUT2D eigenvalue weighted by atomic mass is 10.1. The molecule has 0 radical (unpaired) electrons. The minimum Gasteiger partial charge on any atom is -0.384 e. The Bertz CT molecular complexity index is 556. The Kier molecular flexibility index (Phi) is 4.00. The Hall–Kier alpha value is -0.520. The van der Waals surface area contributed by atoms with E-state index in [-0.39, 0.29) is 11.7 Å². The lowest BCUT2D eigenvalue weighted by Gasteiger charge is -2.21. The van der Waals surface area contributed by atoms with Crippen LogP contribution in [0.4, 0.5) is 14.6 Å². The van der Waals surface area contributed by atoms with E-state index in [9.17, 15) is 18.7 Å². The lowest BCUT2D eigenvalue weighted by Crippen LogP contribution is -2.41. The number of alkyl halides is 3. The van der Waals surface area contributed by atoms with Crippen LogP contribution in [0.25, 0.3) is 0 Å². The van der Waals surface area contributed by atoms with E-state index in [0.29, 0.717) is 8.14 Å². The third kappa shape index (κ3) is 2.43. The number of nitrogen functional groups attached to an aromatic ring is 1. The Morgan fingerprint density at radius 1 is 1.68 bits per heavy atom. The topological polar surface area (TPSA) is 90.4 Å². The van der Waals surface area contributed by atoms with Crippen molar-refractivity contribution >= 4 is 40.0 Å². The number of aliphatic hydroxyl groups is 1. The molecular formula is C9H9ClF2IN3O3. The first-order valence-electron chi connectivity index (χ1n) is 5.10. The maximum absolute atomic E-state index is 13.9. The molecule has 2 heterocycles. The third-order valence-electron chi connectivity index (χ3n) is 2.72. The van der Waals surface area contributed by atoms with Gasteiger partial charge in [0.1, 0.15) is 18.0 Å². The van der Waals surface area contributed by atoms with Gasteiger partial charge in [0.05, 0.1) is 9.45 Å². The van der Waals surface area contributed by atoms with E-state index >= 15 is 0 Å². The summed E-state index contributed by atoms with van der Waals surface area (Å²) in [6, 6.07) is 0. The molecule has 0 unspecified atom stereocenters. The highest BCUT2D eigenvalue weighted by atomic mass is 127. The monoisotopic (exact) mass is 407 g/mol. The molecule has 0 aliphatic carbocycles. The summed E-state index contributed by atoms with van der Waals surface area (Å²) in [4.78, 5) is 15.0. The lowest BCUT2D eigenvalue weighted by molar-refractivity contribution is -0.140. The van der Waals surface area contributed by atoms with E-state index < -0.39 is 30.0 Å².